The number of nitrogens with one attached hydrogen (secondary N) is 1. The number of methoxy groups -OCH3 is 1. The number of benzene rings is 2. The number of hydrogen-bond donors (Lipinski definition) is 1. The van der Waals surface area contributed by atoms with Gasteiger partial charge in [0.15, 0.2) is 0 Å². The van der Waals surface area contributed by atoms with Crippen molar-refractivity contribution < 1.29 is 14.3 Å². The van der Waals surface area contributed by atoms with Crippen LogP contribution < -0.4 is 10.1 Å². The molecule has 1 aromatic heterocycles. The smallest absolute Gasteiger partial charge is 0.261 e. The number of hydrogen-bond acceptors (Lipinski definition) is 4. The van der Waals surface area contributed by atoms with E-state index in [9.17, 15) is 4.79 Å². The molecule has 0 unspecified atom stereocenters. The first kappa shape index (κ1) is 18.1. The average molecular weight is 413 g/mol. The van der Waals surface area contributed by atoms with E-state index in [0.717, 1.165) is 10.0 Å². The molecule has 1 amide bonds. The van der Waals surface area contributed by atoms with Crippen LogP contribution in [0.1, 0.15) is 15.9 Å². The van der Waals surface area contributed by atoms with Crippen LogP contribution in [0.2, 0.25) is 0 Å². The summed E-state index contributed by atoms with van der Waals surface area (Å²) in [6.07, 6.45) is 1.59. The summed E-state index contributed by atoms with van der Waals surface area (Å²) in [6, 6.07) is 18.2. The molecular weight excluding hydrogens is 396 g/mol. The third-order valence-corrected chi connectivity index (χ3v) is 4.02. The van der Waals surface area contributed by atoms with Crippen LogP contribution in [0, 0.1) is 0 Å². The molecule has 0 aliphatic rings. The van der Waals surface area contributed by atoms with E-state index in [-0.39, 0.29) is 11.8 Å². The zero-order valence-corrected chi connectivity index (χ0v) is 15.7. The number of nitrogens with zero attached hydrogens (tertiary/aromatic N) is 1. The van der Waals surface area contributed by atoms with E-state index in [4.69, 9.17) is 9.47 Å². The van der Waals surface area contributed by atoms with Gasteiger partial charge in [0.05, 0.1) is 6.61 Å². The van der Waals surface area contributed by atoms with Crippen LogP contribution in [0.3, 0.4) is 0 Å². The average Bonchev–Trinajstić information content (AvgIpc) is 2.63. The molecule has 3 rings (SSSR count). The van der Waals surface area contributed by atoms with Gasteiger partial charge in [-0.25, -0.2) is 4.98 Å². The zero-order chi connectivity index (χ0) is 18.4. The second-order valence-corrected chi connectivity index (χ2v) is 6.42. The molecule has 3 aromatic rings. The molecule has 0 radical (unpaired) electrons. The van der Waals surface area contributed by atoms with Gasteiger partial charge in [-0.1, -0.05) is 34.1 Å². The zero-order valence-electron chi connectivity index (χ0n) is 14.1. The second-order valence-electron chi connectivity index (χ2n) is 5.50. The van der Waals surface area contributed by atoms with Crippen molar-refractivity contribution in [3.05, 3.63) is 82.5 Å². The number of pyridine rings is 1. The van der Waals surface area contributed by atoms with Gasteiger partial charge in [-0.05, 0) is 48.0 Å². The molecule has 132 valence electrons. The maximum atomic E-state index is 12.7. The van der Waals surface area contributed by atoms with Gasteiger partial charge in [0.25, 0.3) is 5.91 Å². The predicted octanol–water partition coefficient (Wildman–Crippen LogP) is 5.04. The standard InChI is InChI=1S/C20H17BrN2O3/c1-25-13-14-5-2-7-16(11-14)23-19(24)18-9-4-10-22-20(18)26-17-8-3-6-15(21)12-17/h2-12H,13H2,1H3,(H,23,24). The molecule has 0 aliphatic heterocycles. The summed E-state index contributed by atoms with van der Waals surface area (Å²) < 4.78 is 11.8. The lowest BCUT2D eigenvalue weighted by Gasteiger charge is -2.11. The third-order valence-electron chi connectivity index (χ3n) is 3.52. The fraction of sp³-hybridized carbons (Fsp3) is 0.100. The highest BCUT2D eigenvalue weighted by Crippen LogP contribution is 2.26. The topological polar surface area (TPSA) is 60.5 Å². The van der Waals surface area contributed by atoms with Crippen LogP contribution in [0.15, 0.2) is 71.3 Å². The van der Waals surface area contributed by atoms with Gasteiger partial charge in [-0.2, -0.15) is 0 Å². The molecule has 0 bridgehead atoms. The summed E-state index contributed by atoms with van der Waals surface area (Å²) >= 11 is 3.40. The minimum Gasteiger partial charge on any atom is -0.438 e. The predicted molar refractivity (Wildman–Crippen MR) is 104 cm³/mol. The largest absolute Gasteiger partial charge is 0.438 e. The van der Waals surface area contributed by atoms with E-state index >= 15 is 0 Å². The lowest BCUT2D eigenvalue weighted by atomic mass is 10.2. The van der Waals surface area contributed by atoms with Crippen molar-refractivity contribution in [2.24, 2.45) is 0 Å². The van der Waals surface area contributed by atoms with Crippen molar-refractivity contribution in [3.63, 3.8) is 0 Å². The number of halogens is 1. The monoisotopic (exact) mass is 412 g/mol. The summed E-state index contributed by atoms with van der Waals surface area (Å²) in [5, 5.41) is 2.87. The van der Waals surface area contributed by atoms with E-state index in [2.05, 4.69) is 26.2 Å². The van der Waals surface area contributed by atoms with Crippen LogP contribution in [-0.2, 0) is 11.3 Å². The number of carbonyl (C=O) groups excluding carboxylic acids is 1. The Morgan fingerprint density at radius 1 is 1.12 bits per heavy atom. The molecule has 5 nitrogen and oxygen atoms in total. The Kier molecular flexibility index (Phi) is 5.99. The number of anilines is 1. The Morgan fingerprint density at radius 2 is 1.96 bits per heavy atom. The Hall–Kier alpha value is -2.70. The van der Waals surface area contributed by atoms with Crippen LogP contribution in [0.4, 0.5) is 5.69 Å². The van der Waals surface area contributed by atoms with Crippen LogP contribution in [-0.4, -0.2) is 18.0 Å². The molecule has 0 atom stereocenters. The number of carbonyl (C=O) groups is 1. The van der Waals surface area contributed by atoms with Gasteiger partial charge < -0.3 is 14.8 Å². The minimum atomic E-state index is -0.294. The Labute approximate surface area is 160 Å². The van der Waals surface area contributed by atoms with Gasteiger partial charge in [0.1, 0.15) is 11.3 Å². The third kappa shape index (κ3) is 4.68. The van der Waals surface area contributed by atoms with Gasteiger partial charge in [0, 0.05) is 23.5 Å². The molecule has 0 saturated heterocycles. The minimum absolute atomic E-state index is 0.246. The van der Waals surface area contributed by atoms with Crippen molar-refractivity contribution in [1.29, 1.82) is 0 Å². The molecule has 6 heteroatoms. The molecule has 26 heavy (non-hydrogen) atoms. The van der Waals surface area contributed by atoms with Gasteiger partial charge >= 0.3 is 0 Å². The van der Waals surface area contributed by atoms with Gasteiger partial charge in [-0.15, -0.1) is 0 Å². The highest BCUT2D eigenvalue weighted by molar-refractivity contribution is 9.10. The van der Waals surface area contributed by atoms with Gasteiger partial charge in [-0.3, -0.25) is 4.79 Å². The molecule has 0 aliphatic carbocycles. The first-order valence-electron chi connectivity index (χ1n) is 7.93. The first-order chi connectivity index (χ1) is 12.7. The van der Waals surface area contributed by atoms with Crippen LogP contribution >= 0.6 is 15.9 Å². The number of aromatic nitrogens is 1. The van der Waals surface area contributed by atoms with E-state index in [0.29, 0.717) is 23.6 Å². The number of ether oxygens (including phenoxy) is 2. The van der Waals surface area contributed by atoms with E-state index in [1.54, 1.807) is 31.5 Å². The molecule has 2 aromatic carbocycles. The summed E-state index contributed by atoms with van der Waals surface area (Å²) in [5.74, 6) is 0.544. The fourth-order valence-corrected chi connectivity index (χ4v) is 2.77. The maximum Gasteiger partial charge on any atom is 0.261 e. The number of amides is 1. The van der Waals surface area contributed by atoms with Gasteiger partial charge in [0.2, 0.25) is 5.88 Å². The number of rotatable bonds is 6. The maximum absolute atomic E-state index is 12.7. The normalized spacial score (nSPS) is 10.4. The highest BCUT2D eigenvalue weighted by atomic mass is 79.9. The fourth-order valence-electron chi connectivity index (χ4n) is 2.39. The van der Waals surface area contributed by atoms with Crippen molar-refractivity contribution in [1.82, 2.24) is 4.98 Å². The van der Waals surface area contributed by atoms with Crippen LogP contribution in [0.5, 0.6) is 11.6 Å². The van der Waals surface area contributed by atoms with Crippen molar-refractivity contribution in [2.75, 3.05) is 12.4 Å². The second kappa shape index (κ2) is 8.60. The summed E-state index contributed by atoms with van der Waals surface area (Å²) in [6.45, 7) is 0.480. The first-order valence-corrected chi connectivity index (χ1v) is 8.72. The van der Waals surface area contributed by atoms with E-state index < -0.39 is 0 Å². The molecule has 0 spiro atoms. The molecule has 1 heterocycles. The lowest BCUT2D eigenvalue weighted by molar-refractivity contribution is 0.102. The summed E-state index contributed by atoms with van der Waals surface area (Å²) in [5.41, 5.74) is 2.01. The quantitative estimate of drug-likeness (QED) is 0.616. The van der Waals surface area contributed by atoms with E-state index in [1.165, 1.54) is 0 Å². The molecule has 0 fully saturated rings. The molecule has 1 N–H and O–H groups in total. The molecular formula is C20H17BrN2O3. The summed E-state index contributed by atoms with van der Waals surface area (Å²) in [7, 11) is 1.63. The Balaban J connectivity index is 1.80. The molecule has 0 saturated carbocycles. The van der Waals surface area contributed by atoms with Crippen molar-refractivity contribution in [2.45, 2.75) is 6.61 Å². The summed E-state index contributed by atoms with van der Waals surface area (Å²) in [4.78, 5) is 16.9. The van der Waals surface area contributed by atoms with Crippen molar-refractivity contribution in [3.8, 4) is 11.6 Å². The van der Waals surface area contributed by atoms with Crippen LogP contribution in [0.25, 0.3) is 0 Å². The van der Waals surface area contributed by atoms with E-state index in [1.807, 2.05) is 42.5 Å². The Morgan fingerprint density at radius 3 is 2.77 bits per heavy atom. The lowest BCUT2D eigenvalue weighted by Crippen LogP contribution is -2.13. The SMILES string of the molecule is COCc1cccc(NC(=O)c2cccnc2Oc2cccc(Br)c2)c1. The Bertz CT molecular complexity index is 915. The highest BCUT2D eigenvalue weighted by Gasteiger charge is 2.15. The van der Waals surface area contributed by atoms with Crippen molar-refractivity contribution >= 4 is 27.5 Å².